The van der Waals surface area contributed by atoms with Crippen LogP contribution in [0.5, 0.6) is 0 Å². The van der Waals surface area contributed by atoms with E-state index in [0.29, 0.717) is 13.0 Å². The number of esters is 1. The minimum absolute atomic E-state index is 0.0708. The molecular weight excluding hydrogens is 469 g/mol. The van der Waals surface area contributed by atoms with Gasteiger partial charge in [0.05, 0.1) is 26.4 Å². The average Bonchev–Trinajstić information content (AvgIpc) is 2.80. The zero-order valence-corrected chi connectivity index (χ0v) is 23.5. The van der Waals surface area contributed by atoms with Gasteiger partial charge in [-0.25, -0.2) is 4.57 Å². The highest BCUT2D eigenvalue weighted by Gasteiger charge is 2.20. The number of unbranched alkanes of at least 4 members (excludes halogenated alkanes) is 11. The van der Waals surface area contributed by atoms with E-state index < -0.39 is 7.82 Å². The van der Waals surface area contributed by atoms with E-state index in [0.717, 1.165) is 25.7 Å². The Balaban J connectivity index is 3.38. The van der Waals surface area contributed by atoms with Crippen LogP contribution in [0.1, 0.15) is 96.8 Å². The molecule has 1 atom stereocenters. The van der Waals surface area contributed by atoms with E-state index >= 15 is 0 Å². The molecular formula is C26H52NO7P. The van der Waals surface area contributed by atoms with Crippen molar-refractivity contribution >= 4 is 13.8 Å². The van der Waals surface area contributed by atoms with Crippen LogP contribution < -0.4 is 0 Å². The van der Waals surface area contributed by atoms with Gasteiger partial charge in [0.25, 0.3) is 0 Å². The number of likely N-dealkylation sites (N-methyl/N-ethyl adjacent to an activating group) is 1. The maximum atomic E-state index is 11.7. The summed E-state index contributed by atoms with van der Waals surface area (Å²) >= 11 is 0. The molecule has 0 saturated heterocycles. The average molecular weight is 522 g/mol. The Labute approximate surface area is 214 Å². The van der Waals surface area contributed by atoms with Crippen molar-refractivity contribution in [1.29, 1.82) is 0 Å². The van der Waals surface area contributed by atoms with E-state index in [1.165, 1.54) is 57.8 Å². The van der Waals surface area contributed by atoms with Gasteiger partial charge in [0.15, 0.2) is 0 Å². The highest BCUT2D eigenvalue weighted by Crippen LogP contribution is 2.42. The summed E-state index contributed by atoms with van der Waals surface area (Å²) in [6.07, 6.45) is 21.0. The van der Waals surface area contributed by atoms with Gasteiger partial charge < -0.3 is 19.3 Å². The van der Waals surface area contributed by atoms with Gasteiger partial charge in [0.2, 0.25) is 0 Å². The molecule has 0 amide bonds. The largest absolute Gasteiger partial charge is 0.472 e. The van der Waals surface area contributed by atoms with Crippen LogP contribution in [0.3, 0.4) is 0 Å². The molecule has 0 spiro atoms. The smallest absolute Gasteiger partial charge is 0.463 e. The molecule has 0 heterocycles. The third kappa shape index (κ3) is 27.7. The van der Waals surface area contributed by atoms with Gasteiger partial charge in [0, 0.05) is 13.0 Å². The van der Waals surface area contributed by atoms with E-state index in [1.54, 1.807) is 0 Å². The Bertz CT molecular complexity index is 558. The first kappa shape index (κ1) is 34.2. The number of rotatable bonds is 26. The Hall–Kier alpha value is -0.760. The summed E-state index contributed by atoms with van der Waals surface area (Å²) in [6, 6.07) is 0. The van der Waals surface area contributed by atoms with Crippen LogP contribution in [0.15, 0.2) is 12.2 Å². The fourth-order valence-electron chi connectivity index (χ4n) is 3.32. The maximum Gasteiger partial charge on any atom is 0.472 e. The fourth-order valence-corrected chi connectivity index (χ4v) is 4.01. The molecule has 1 N–H and O–H groups in total. The Kier molecular flexibility index (Phi) is 24.4. The summed E-state index contributed by atoms with van der Waals surface area (Å²) < 4.78 is 31.6. The number of allylic oxidation sites excluding steroid dienone is 2. The van der Waals surface area contributed by atoms with E-state index in [-0.39, 0.29) is 39.0 Å². The topological polar surface area (TPSA) is 94.5 Å². The van der Waals surface area contributed by atoms with Crippen molar-refractivity contribution in [2.45, 2.75) is 96.8 Å². The van der Waals surface area contributed by atoms with E-state index in [1.807, 2.05) is 19.0 Å². The number of phosphoric acid groups is 1. The molecule has 0 radical (unpaired) electrons. The lowest BCUT2D eigenvalue weighted by Gasteiger charge is -2.14. The van der Waals surface area contributed by atoms with Crippen LogP contribution in [0.25, 0.3) is 0 Å². The molecule has 0 rings (SSSR count). The lowest BCUT2D eigenvalue weighted by Crippen LogP contribution is -2.18. The number of ether oxygens (including phenoxy) is 2. The lowest BCUT2D eigenvalue weighted by molar-refractivity contribution is -0.145. The minimum atomic E-state index is -4.05. The second kappa shape index (κ2) is 24.9. The van der Waals surface area contributed by atoms with Crippen molar-refractivity contribution in [1.82, 2.24) is 4.90 Å². The fraction of sp³-hybridized carbons (Fsp3) is 0.885. The normalized spacial score (nSPS) is 13.5. The van der Waals surface area contributed by atoms with Crippen LogP contribution in [0.4, 0.5) is 0 Å². The van der Waals surface area contributed by atoms with Gasteiger partial charge in [-0.1, -0.05) is 70.4 Å². The molecule has 0 aliphatic carbocycles. The molecule has 0 fully saturated rings. The van der Waals surface area contributed by atoms with Gasteiger partial charge in [-0.05, 0) is 46.2 Å². The molecule has 1 unspecified atom stereocenters. The number of nitrogens with zero attached hydrogens (tertiary/aromatic N) is 1. The second-order valence-electron chi connectivity index (χ2n) is 9.11. The van der Waals surface area contributed by atoms with Crippen molar-refractivity contribution in [2.24, 2.45) is 0 Å². The molecule has 35 heavy (non-hydrogen) atoms. The number of carbonyl (C=O) groups excluding carboxylic acids is 1. The van der Waals surface area contributed by atoms with Crippen molar-refractivity contribution in [3.8, 4) is 0 Å². The first-order chi connectivity index (χ1) is 16.9. The van der Waals surface area contributed by atoms with Crippen molar-refractivity contribution < 1.29 is 32.8 Å². The molecule has 9 heteroatoms. The number of hydrogen-bond acceptors (Lipinski definition) is 7. The standard InChI is InChI=1S/C26H52NO7P/c1-4-5-6-7-8-9-10-11-12-13-14-15-16-17-18-19-26(28)32-24-22-31-23-25-34-35(29,30)33-21-20-27(2)3/h11-12H,4-10,13-25H2,1-3H3,(H,29,30). The minimum Gasteiger partial charge on any atom is -0.463 e. The molecule has 0 aromatic rings. The van der Waals surface area contributed by atoms with Crippen molar-refractivity contribution in [3.63, 3.8) is 0 Å². The highest BCUT2D eigenvalue weighted by molar-refractivity contribution is 7.47. The van der Waals surface area contributed by atoms with E-state index in [9.17, 15) is 14.3 Å². The van der Waals surface area contributed by atoms with Crippen molar-refractivity contribution in [2.75, 3.05) is 53.7 Å². The number of hydrogen-bond donors (Lipinski definition) is 1. The Morgan fingerprint density at radius 1 is 0.771 bits per heavy atom. The summed E-state index contributed by atoms with van der Waals surface area (Å²) in [7, 11) is -0.373. The quantitative estimate of drug-likeness (QED) is 0.0615. The number of phosphoric ester groups is 1. The maximum absolute atomic E-state index is 11.7. The third-order valence-corrected chi connectivity index (χ3v) is 6.43. The van der Waals surface area contributed by atoms with Crippen LogP contribution in [-0.2, 0) is 27.9 Å². The van der Waals surface area contributed by atoms with E-state index in [4.69, 9.17) is 18.5 Å². The van der Waals surface area contributed by atoms with Gasteiger partial charge >= 0.3 is 13.8 Å². The third-order valence-electron chi connectivity index (χ3n) is 5.41. The summed E-state index contributed by atoms with van der Waals surface area (Å²) in [5.41, 5.74) is 0. The molecule has 0 bridgehead atoms. The Morgan fingerprint density at radius 2 is 1.31 bits per heavy atom. The first-order valence-electron chi connectivity index (χ1n) is 13.5. The molecule has 208 valence electrons. The molecule has 0 aromatic carbocycles. The van der Waals surface area contributed by atoms with Crippen molar-refractivity contribution in [3.05, 3.63) is 12.2 Å². The predicted molar refractivity (Wildman–Crippen MR) is 142 cm³/mol. The van der Waals surface area contributed by atoms with Crippen LogP contribution in [0.2, 0.25) is 0 Å². The summed E-state index contributed by atoms with van der Waals surface area (Å²) in [5.74, 6) is -0.211. The van der Waals surface area contributed by atoms with Gasteiger partial charge in [-0.15, -0.1) is 0 Å². The molecule has 0 aliphatic rings. The van der Waals surface area contributed by atoms with E-state index in [2.05, 4.69) is 19.1 Å². The van der Waals surface area contributed by atoms with Crippen LogP contribution in [-0.4, -0.2) is 69.4 Å². The molecule has 8 nitrogen and oxygen atoms in total. The number of carbonyl (C=O) groups is 1. The first-order valence-corrected chi connectivity index (χ1v) is 15.0. The second-order valence-corrected chi connectivity index (χ2v) is 10.6. The van der Waals surface area contributed by atoms with Gasteiger partial charge in [-0.2, -0.15) is 0 Å². The zero-order chi connectivity index (χ0) is 26.0. The Morgan fingerprint density at radius 3 is 1.94 bits per heavy atom. The lowest BCUT2D eigenvalue weighted by atomic mass is 10.1. The van der Waals surface area contributed by atoms with Gasteiger partial charge in [0.1, 0.15) is 6.61 Å². The molecule has 0 aromatic heterocycles. The van der Waals surface area contributed by atoms with Crippen LogP contribution >= 0.6 is 7.82 Å². The molecule has 0 aliphatic heterocycles. The zero-order valence-electron chi connectivity index (χ0n) is 22.6. The summed E-state index contributed by atoms with van der Waals surface area (Å²) in [6.45, 7) is 3.31. The highest BCUT2D eigenvalue weighted by atomic mass is 31.2. The predicted octanol–water partition coefficient (Wildman–Crippen LogP) is 6.28. The monoisotopic (exact) mass is 521 g/mol. The summed E-state index contributed by atoms with van der Waals surface area (Å²) in [4.78, 5) is 23.1. The van der Waals surface area contributed by atoms with Gasteiger partial charge in [-0.3, -0.25) is 13.8 Å². The SMILES string of the molecule is CCCCCCCCC=CCCCCCCCC(=O)OCCOCCOP(=O)(O)OCCN(C)C. The summed E-state index contributed by atoms with van der Waals surface area (Å²) in [5, 5.41) is 0. The van der Waals surface area contributed by atoms with Crippen LogP contribution in [0, 0.1) is 0 Å². The molecule has 0 saturated carbocycles.